The first-order valence-corrected chi connectivity index (χ1v) is 8.26. The van der Waals surface area contributed by atoms with Crippen LogP contribution in [0, 0.1) is 0 Å². The molecule has 138 valence electrons. The Hall–Kier alpha value is -3.61. The molecule has 0 saturated carbocycles. The van der Waals surface area contributed by atoms with Crippen LogP contribution in [0.1, 0.15) is 17.3 Å². The van der Waals surface area contributed by atoms with Crippen LogP contribution in [0.15, 0.2) is 59.4 Å². The molecule has 2 N–H and O–H groups in total. The number of rotatable bonds is 5. The van der Waals surface area contributed by atoms with E-state index in [9.17, 15) is 14.4 Å². The minimum absolute atomic E-state index is 0.110. The summed E-state index contributed by atoms with van der Waals surface area (Å²) in [4.78, 5) is 39.2. The van der Waals surface area contributed by atoms with Gasteiger partial charge in [0.25, 0.3) is 5.91 Å². The lowest BCUT2D eigenvalue weighted by molar-refractivity contribution is -0.123. The zero-order valence-corrected chi connectivity index (χ0v) is 14.8. The molecule has 0 aliphatic rings. The van der Waals surface area contributed by atoms with Gasteiger partial charge in [0.05, 0.1) is 12.7 Å². The summed E-state index contributed by atoms with van der Waals surface area (Å²) >= 11 is 0. The Kier molecular flexibility index (Phi) is 5.21. The van der Waals surface area contributed by atoms with E-state index in [2.05, 4.69) is 10.3 Å². The molecule has 0 unspecified atom stereocenters. The normalized spacial score (nSPS) is 11.6. The third-order valence-corrected chi connectivity index (χ3v) is 3.98. The predicted molar refractivity (Wildman–Crippen MR) is 101 cm³/mol. The highest BCUT2D eigenvalue weighted by Crippen LogP contribution is 2.18. The van der Waals surface area contributed by atoms with Gasteiger partial charge in [-0.05, 0) is 37.3 Å². The Labute approximate surface area is 154 Å². The van der Waals surface area contributed by atoms with E-state index in [1.807, 2.05) is 0 Å². The van der Waals surface area contributed by atoms with Gasteiger partial charge in [0.1, 0.15) is 5.75 Å². The molecule has 7 nitrogen and oxygen atoms in total. The first-order chi connectivity index (χ1) is 13.0. The standard InChI is InChI=1S/C20H18N2O5/c1-12(19(24)21-13-7-9-14(26-2)10-8-13)27-20(25)16-11-18(23)22-17-6-4-3-5-15(16)17/h3-12H,1-2H3,(H,21,24)(H,22,23)/t12-/m0/s1. The van der Waals surface area contributed by atoms with Crippen molar-refractivity contribution in [1.29, 1.82) is 0 Å². The first kappa shape index (κ1) is 18.2. The van der Waals surface area contributed by atoms with Crippen LogP contribution in [0.2, 0.25) is 0 Å². The zero-order valence-electron chi connectivity index (χ0n) is 14.8. The van der Waals surface area contributed by atoms with Crippen molar-refractivity contribution in [1.82, 2.24) is 4.98 Å². The Morgan fingerprint density at radius 1 is 1.07 bits per heavy atom. The van der Waals surface area contributed by atoms with Gasteiger partial charge in [-0.1, -0.05) is 18.2 Å². The predicted octanol–water partition coefficient (Wildman–Crippen LogP) is 2.72. The number of carbonyl (C=O) groups is 2. The molecule has 3 rings (SSSR count). The molecule has 0 aliphatic heterocycles. The fraction of sp³-hybridized carbons (Fsp3) is 0.150. The van der Waals surface area contributed by atoms with Crippen LogP contribution in [0.5, 0.6) is 5.75 Å². The zero-order chi connectivity index (χ0) is 19.4. The van der Waals surface area contributed by atoms with Gasteiger partial charge in [-0.2, -0.15) is 0 Å². The highest BCUT2D eigenvalue weighted by molar-refractivity contribution is 6.04. The van der Waals surface area contributed by atoms with Crippen molar-refractivity contribution in [3.8, 4) is 5.75 Å². The second kappa shape index (κ2) is 7.74. The van der Waals surface area contributed by atoms with Gasteiger partial charge in [0, 0.05) is 22.7 Å². The number of benzene rings is 2. The van der Waals surface area contributed by atoms with Crippen LogP contribution in [-0.4, -0.2) is 30.1 Å². The van der Waals surface area contributed by atoms with Crippen molar-refractivity contribution >= 4 is 28.5 Å². The van der Waals surface area contributed by atoms with Crippen LogP contribution in [0.4, 0.5) is 5.69 Å². The van der Waals surface area contributed by atoms with Crippen molar-refractivity contribution in [2.45, 2.75) is 13.0 Å². The van der Waals surface area contributed by atoms with Crippen molar-refractivity contribution < 1.29 is 19.1 Å². The molecule has 2 aromatic carbocycles. The number of esters is 1. The summed E-state index contributed by atoms with van der Waals surface area (Å²) in [5, 5.41) is 3.20. The molecule has 1 atom stereocenters. The molecule has 3 aromatic rings. The second-order valence-electron chi connectivity index (χ2n) is 5.86. The van der Waals surface area contributed by atoms with Gasteiger partial charge in [-0.15, -0.1) is 0 Å². The summed E-state index contributed by atoms with van der Waals surface area (Å²) < 4.78 is 10.3. The van der Waals surface area contributed by atoms with Crippen molar-refractivity contribution in [3.63, 3.8) is 0 Å². The molecule has 27 heavy (non-hydrogen) atoms. The highest BCUT2D eigenvalue weighted by Gasteiger charge is 2.21. The number of nitrogens with one attached hydrogen (secondary N) is 2. The number of ether oxygens (including phenoxy) is 2. The average Bonchev–Trinajstić information content (AvgIpc) is 2.67. The number of para-hydroxylation sites is 1. The van der Waals surface area contributed by atoms with Crippen molar-refractivity contribution in [3.05, 3.63) is 70.5 Å². The summed E-state index contributed by atoms with van der Waals surface area (Å²) in [5.74, 6) is -0.564. The molecule has 0 bridgehead atoms. The lowest BCUT2D eigenvalue weighted by atomic mass is 10.1. The maximum absolute atomic E-state index is 12.5. The SMILES string of the molecule is COc1ccc(NC(=O)[C@H](C)OC(=O)c2cc(=O)[nH]c3ccccc23)cc1. The van der Waals surface area contributed by atoms with Gasteiger partial charge in [-0.25, -0.2) is 4.79 Å². The Bertz CT molecular complexity index is 1040. The van der Waals surface area contributed by atoms with E-state index in [0.717, 1.165) is 0 Å². The molecule has 1 amide bonds. The number of aromatic amines is 1. The lowest BCUT2D eigenvalue weighted by Gasteiger charge is -2.14. The fourth-order valence-electron chi connectivity index (χ4n) is 2.57. The number of pyridine rings is 1. The molecular weight excluding hydrogens is 348 g/mol. The van der Waals surface area contributed by atoms with Crippen LogP contribution in [0.3, 0.4) is 0 Å². The number of H-pyrrole nitrogens is 1. The van der Waals surface area contributed by atoms with Crippen LogP contribution in [-0.2, 0) is 9.53 Å². The highest BCUT2D eigenvalue weighted by atomic mass is 16.5. The number of carbonyl (C=O) groups excluding carboxylic acids is 2. The van der Waals surface area contributed by atoms with E-state index in [-0.39, 0.29) is 5.56 Å². The summed E-state index contributed by atoms with van der Waals surface area (Å²) in [5.41, 5.74) is 0.757. The number of methoxy groups -OCH3 is 1. The average molecular weight is 366 g/mol. The second-order valence-corrected chi connectivity index (χ2v) is 5.86. The van der Waals surface area contributed by atoms with E-state index in [1.165, 1.54) is 13.0 Å². The number of hydrogen-bond acceptors (Lipinski definition) is 5. The first-order valence-electron chi connectivity index (χ1n) is 8.26. The van der Waals surface area contributed by atoms with Gasteiger partial charge < -0.3 is 19.8 Å². The largest absolute Gasteiger partial charge is 0.497 e. The molecule has 0 aliphatic carbocycles. The Balaban J connectivity index is 1.73. The monoisotopic (exact) mass is 366 g/mol. The lowest BCUT2D eigenvalue weighted by Crippen LogP contribution is -2.30. The molecular formula is C20H18N2O5. The van der Waals surface area contributed by atoms with E-state index in [1.54, 1.807) is 55.6 Å². The summed E-state index contributed by atoms with van der Waals surface area (Å²) in [6, 6.07) is 14.8. The van der Waals surface area contributed by atoms with Gasteiger partial charge in [0.15, 0.2) is 6.10 Å². The van der Waals surface area contributed by atoms with Crippen LogP contribution >= 0.6 is 0 Å². The summed E-state index contributed by atoms with van der Waals surface area (Å²) in [7, 11) is 1.55. The molecule has 0 spiro atoms. The van der Waals surface area contributed by atoms with E-state index < -0.39 is 23.5 Å². The van der Waals surface area contributed by atoms with E-state index in [4.69, 9.17) is 9.47 Å². The van der Waals surface area contributed by atoms with Crippen molar-refractivity contribution in [2.24, 2.45) is 0 Å². The number of fused-ring (bicyclic) bond motifs is 1. The number of aromatic nitrogens is 1. The maximum Gasteiger partial charge on any atom is 0.339 e. The molecule has 0 fully saturated rings. The number of anilines is 1. The minimum atomic E-state index is -1.04. The van der Waals surface area contributed by atoms with E-state index in [0.29, 0.717) is 22.3 Å². The summed E-state index contributed by atoms with van der Waals surface area (Å²) in [6.45, 7) is 1.46. The molecule has 1 aromatic heterocycles. The van der Waals surface area contributed by atoms with Gasteiger partial charge >= 0.3 is 5.97 Å². The van der Waals surface area contributed by atoms with Crippen molar-refractivity contribution in [2.75, 3.05) is 12.4 Å². The quantitative estimate of drug-likeness (QED) is 0.677. The van der Waals surface area contributed by atoms with Crippen LogP contribution < -0.4 is 15.6 Å². The third-order valence-electron chi connectivity index (χ3n) is 3.98. The molecule has 1 heterocycles. The topological polar surface area (TPSA) is 97.5 Å². The smallest absolute Gasteiger partial charge is 0.339 e. The molecule has 7 heteroatoms. The fourth-order valence-corrected chi connectivity index (χ4v) is 2.57. The van der Waals surface area contributed by atoms with Gasteiger partial charge in [-0.3, -0.25) is 9.59 Å². The molecule has 0 saturated heterocycles. The van der Waals surface area contributed by atoms with Crippen LogP contribution in [0.25, 0.3) is 10.9 Å². The van der Waals surface area contributed by atoms with Gasteiger partial charge in [0.2, 0.25) is 5.56 Å². The Morgan fingerprint density at radius 3 is 2.48 bits per heavy atom. The minimum Gasteiger partial charge on any atom is -0.497 e. The molecule has 0 radical (unpaired) electrons. The Morgan fingerprint density at radius 2 is 1.78 bits per heavy atom. The van der Waals surface area contributed by atoms with E-state index >= 15 is 0 Å². The maximum atomic E-state index is 12.5. The number of amides is 1. The number of hydrogen-bond donors (Lipinski definition) is 2. The third kappa shape index (κ3) is 4.14. The summed E-state index contributed by atoms with van der Waals surface area (Å²) in [6.07, 6.45) is -1.04.